The highest BCUT2D eigenvalue weighted by atomic mass is 16.2. The van der Waals surface area contributed by atoms with Crippen molar-refractivity contribution in [1.29, 1.82) is 0 Å². The second-order valence-corrected chi connectivity index (χ2v) is 8.72. The lowest BCUT2D eigenvalue weighted by molar-refractivity contribution is 0.0516. The molecule has 29 heavy (non-hydrogen) atoms. The quantitative estimate of drug-likeness (QED) is 0.497. The molecule has 154 valence electrons. The van der Waals surface area contributed by atoms with E-state index >= 15 is 0 Å². The molecule has 2 aromatic carbocycles. The molecular weight excluding hydrogens is 356 g/mol. The third kappa shape index (κ3) is 4.10. The normalized spacial score (nSPS) is 13.7. The van der Waals surface area contributed by atoms with Gasteiger partial charge in [-0.05, 0) is 69.2 Å². The minimum atomic E-state index is 0.00000283. The molecule has 0 spiro atoms. The van der Waals surface area contributed by atoms with Crippen molar-refractivity contribution in [3.8, 4) is 0 Å². The minimum Gasteiger partial charge on any atom is -0.357 e. The summed E-state index contributed by atoms with van der Waals surface area (Å²) in [6, 6.07) is 14.9. The number of hydrogen-bond donors (Lipinski definition) is 1. The maximum Gasteiger partial charge on any atom is 0.255 e. The molecule has 0 aliphatic heterocycles. The fourth-order valence-corrected chi connectivity index (χ4v) is 4.54. The SMILES string of the molecule is CCC(C)C(c1cc2ccccc2[nH]1)N(C(=O)c1c(C)cc(C)cc1C)C(C)C. The van der Waals surface area contributed by atoms with Crippen LogP contribution in [0.2, 0.25) is 0 Å². The fourth-order valence-electron chi connectivity index (χ4n) is 4.54. The first-order valence-electron chi connectivity index (χ1n) is 10.7. The first kappa shape index (κ1) is 21.2. The number of nitrogens with one attached hydrogen (secondary N) is 1. The number of rotatable bonds is 6. The summed E-state index contributed by atoms with van der Waals surface area (Å²) in [7, 11) is 0. The summed E-state index contributed by atoms with van der Waals surface area (Å²) in [5, 5.41) is 1.19. The zero-order chi connectivity index (χ0) is 21.3. The summed E-state index contributed by atoms with van der Waals surface area (Å²) >= 11 is 0. The van der Waals surface area contributed by atoms with Crippen LogP contribution in [0.3, 0.4) is 0 Å². The van der Waals surface area contributed by atoms with Gasteiger partial charge in [-0.1, -0.05) is 56.2 Å². The average molecular weight is 391 g/mol. The van der Waals surface area contributed by atoms with E-state index in [0.717, 1.165) is 34.3 Å². The molecule has 0 radical (unpaired) electrons. The number of aromatic amines is 1. The van der Waals surface area contributed by atoms with Gasteiger partial charge in [-0.15, -0.1) is 0 Å². The van der Waals surface area contributed by atoms with Gasteiger partial charge < -0.3 is 9.88 Å². The highest BCUT2D eigenvalue weighted by Gasteiger charge is 2.34. The molecule has 0 fully saturated rings. The molecule has 2 unspecified atom stereocenters. The van der Waals surface area contributed by atoms with Crippen LogP contribution in [-0.2, 0) is 0 Å². The molecular formula is C26H34N2O. The number of H-pyrrole nitrogens is 1. The summed E-state index contributed by atoms with van der Waals surface area (Å²) in [6.45, 7) is 14.9. The lowest BCUT2D eigenvalue weighted by Gasteiger charge is -2.38. The fraction of sp³-hybridized carbons (Fsp3) is 0.423. The van der Waals surface area contributed by atoms with E-state index in [1.807, 2.05) is 19.9 Å². The Kier molecular flexibility index (Phi) is 6.16. The minimum absolute atomic E-state index is 0.00000283. The van der Waals surface area contributed by atoms with Gasteiger partial charge in [-0.3, -0.25) is 4.79 Å². The van der Waals surface area contributed by atoms with Gasteiger partial charge in [0.05, 0.1) is 6.04 Å². The summed E-state index contributed by atoms with van der Waals surface area (Å²) in [5.41, 5.74) is 6.38. The topological polar surface area (TPSA) is 36.1 Å². The van der Waals surface area contributed by atoms with E-state index in [-0.39, 0.29) is 18.0 Å². The van der Waals surface area contributed by atoms with Crippen LogP contribution in [0, 0.1) is 26.7 Å². The molecule has 0 saturated carbocycles. The van der Waals surface area contributed by atoms with Crippen LogP contribution in [0.15, 0.2) is 42.5 Å². The van der Waals surface area contributed by atoms with Crippen LogP contribution in [-0.4, -0.2) is 21.8 Å². The third-order valence-electron chi connectivity index (χ3n) is 6.03. The molecule has 3 aromatic rings. The van der Waals surface area contributed by atoms with Crippen LogP contribution < -0.4 is 0 Å². The average Bonchev–Trinajstić information content (AvgIpc) is 3.07. The van der Waals surface area contributed by atoms with Crippen LogP contribution in [0.4, 0.5) is 0 Å². The molecule has 0 aliphatic carbocycles. The Morgan fingerprint density at radius 3 is 2.17 bits per heavy atom. The van der Waals surface area contributed by atoms with Crippen molar-refractivity contribution >= 4 is 16.8 Å². The summed E-state index contributed by atoms with van der Waals surface area (Å²) in [6.07, 6.45) is 1.00. The van der Waals surface area contributed by atoms with Gasteiger partial charge >= 0.3 is 0 Å². The van der Waals surface area contributed by atoms with Crippen molar-refractivity contribution in [2.75, 3.05) is 0 Å². The van der Waals surface area contributed by atoms with Crippen molar-refractivity contribution < 1.29 is 4.79 Å². The number of hydrogen-bond acceptors (Lipinski definition) is 1. The molecule has 3 rings (SSSR count). The number of carbonyl (C=O) groups is 1. The Hall–Kier alpha value is -2.55. The molecule has 1 heterocycles. The Bertz CT molecular complexity index is 958. The van der Waals surface area contributed by atoms with Gasteiger partial charge in [0.2, 0.25) is 0 Å². The van der Waals surface area contributed by atoms with Crippen molar-refractivity contribution in [3.63, 3.8) is 0 Å². The van der Waals surface area contributed by atoms with Crippen LogP contribution in [0.1, 0.15) is 72.9 Å². The molecule has 1 amide bonds. The zero-order valence-corrected chi connectivity index (χ0v) is 18.8. The Morgan fingerprint density at radius 1 is 1.00 bits per heavy atom. The van der Waals surface area contributed by atoms with Gasteiger partial charge in [0.1, 0.15) is 0 Å². The van der Waals surface area contributed by atoms with Crippen molar-refractivity contribution in [1.82, 2.24) is 9.88 Å². The van der Waals surface area contributed by atoms with E-state index in [9.17, 15) is 4.79 Å². The summed E-state index contributed by atoms with van der Waals surface area (Å²) in [4.78, 5) is 19.6. The van der Waals surface area contributed by atoms with Gasteiger partial charge in [0.15, 0.2) is 0 Å². The summed E-state index contributed by atoms with van der Waals surface area (Å²) in [5.74, 6) is 0.458. The van der Waals surface area contributed by atoms with E-state index in [0.29, 0.717) is 5.92 Å². The van der Waals surface area contributed by atoms with Gasteiger partial charge in [0, 0.05) is 22.8 Å². The number of fused-ring (bicyclic) bond motifs is 1. The van der Waals surface area contributed by atoms with Crippen LogP contribution in [0.5, 0.6) is 0 Å². The maximum atomic E-state index is 13.9. The lowest BCUT2D eigenvalue weighted by atomic mass is 9.91. The largest absolute Gasteiger partial charge is 0.357 e. The molecule has 0 aliphatic rings. The summed E-state index contributed by atoms with van der Waals surface area (Å²) < 4.78 is 0. The predicted octanol–water partition coefficient (Wildman–Crippen LogP) is 6.73. The highest BCUT2D eigenvalue weighted by molar-refractivity contribution is 5.97. The number of nitrogens with zero attached hydrogens (tertiary/aromatic N) is 1. The van der Waals surface area contributed by atoms with Crippen molar-refractivity contribution in [2.45, 2.75) is 67.0 Å². The molecule has 2 atom stereocenters. The molecule has 1 N–H and O–H groups in total. The van der Waals surface area contributed by atoms with E-state index in [4.69, 9.17) is 0 Å². The number of benzene rings is 2. The number of aromatic nitrogens is 1. The third-order valence-corrected chi connectivity index (χ3v) is 6.03. The smallest absolute Gasteiger partial charge is 0.255 e. The number of aryl methyl sites for hydroxylation is 3. The maximum absolute atomic E-state index is 13.9. The van der Waals surface area contributed by atoms with E-state index in [1.54, 1.807) is 0 Å². The first-order valence-corrected chi connectivity index (χ1v) is 10.7. The molecule has 0 saturated heterocycles. The molecule has 3 nitrogen and oxygen atoms in total. The molecule has 0 bridgehead atoms. The van der Waals surface area contributed by atoms with E-state index in [2.05, 4.69) is 80.9 Å². The van der Waals surface area contributed by atoms with Crippen LogP contribution in [0.25, 0.3) is 10.9 Å². The number of carbonyl (C=O) groups excluding carboxylic acids is 1. The second-order valence-electron chi connectivity index (χ2n) is 8.72. The predicted molar refractivity (Wildman–Crippen MR) is 122 cm³/mol. The number of para-hydroxylation sites is 1. The highest BCUT2D eigenvalue weighted by Crippen LogP contribution is 2.35. The second kappa shape index (κ2) is 8.44. The van der Waals surface area contributed by atoms with E-state index in [1.165, 1.54) is 10.9 Å². The van der Waals surface area contributed by atoms with Gasteiger partial charge in [0.25, 0.3) is 5.91 Å². The van der Waals surface area contributed by atoms with Crippen LogP contribution >= 0.6 is 0 Å². The van der Waals surface area contributed by atoms with E-state index < -0.39 is 0 Å². The molecule has 1 aromatic heterocycles. The Labute approximate surface area is 175 Å². The standard InChI is InChI=1S/C26H34N2O/c1-8-18(5)25(23-15-21-11-9-10-12-22(21)27-23)28(16(2)3)26(29)24-19(6)13-17(4)14-20(24)7/h9-16,18,25,27H,8H2,1-7H3. The monoisotopic (exact) mass is 390 g/mol. The van der Waals surface area contributed by atoms with Crippen molar-refractivity contribution in [3.05, 3.63) is 70.4 Å². The lowest BCUT2D eigenvalue weighted by Crippen LogP contribution is -2.43. The molecule has 3 heteroatoms. The van der Waals surface area contributed by atoms with Crippen molar-refractivity contribution in [2.24, 2.45) is 5.92 Å². The zero-order valence-electron chi connectivity index (χ0n) is 18.8. The van der Waals surface area contributed by atoms with Gasteiger partial charge in [-0.2, -0.15) is 0 Å². The van der Waals surface area contributed by atoms with Gasteiger partial charge in [-0.25, -0.2) is 0 Å². The Morgan fingerprint density at radius 2 is 1.62 bits per heavy atom. The Balaban J connectivity index is 2.14. The first-order chi connectivity index (χ1) is 13.7. The number of amides is 1.